The van der Waals surface area contributed by atoms with E-state index in [0.29, 0.717) is 16.6 Å². The minimum absolute atomic E-state index is 0.193. The van der Waals surface area contributed by atoms with Gasteiger partial charge < -0.3 is 25.7 Å². The van der Waals surface area contributed by atoms with Crippen LogP contribution in [0.25, 0.3) is 11.0 Å². The summed E-state index contributed by atoms with van der Waals surface area (Å²) in [5.41, 5.74) is 5.02. The van der Waals surface area contributed by atoms with E-state index in [9.17, 15) is 31.1 Å². The van der Waals surface area contributed by atoms with Gasteiger partial charge in [0.15, 0.2) is 5.60 Å². The Kier molecular flexibility index (Phi) is 6.11. The van der Waals surface area contributed by atoms with E-state index in [-0.39, 0.29) is 5.82 Å². The molecule has 0 unspecified atom stereocenters. The molecule has 2 aromatic rings. The van der Waals surface area contributed by atoms with Crippen LogP contribution in [-0.2, 0) is 4.74 Å². The zero-order chi connectivity index (χ0) is 24.1. The molecule has 1 saturated heterocycles. The number of ether oxygens (including phenoxy) is 1. The van der Waals surface area contributed by atoms with Gasteiger partial charge in [-0.15, -0.1) is 0 Å². The molecular weight excluding hydrogens is 444 g/mol. The van der Waals surface area contributed by atoms with E-state index in [2.05, 4.69) is 9.97 Å². The molecule has 0 aliphatic carbocycles. The maximum atomic E-state index is 12.9. The number of aromatic nitrogens is 2. The molecule has 178 valence electrons. The second-order valence-corrected chi connectivity index (χ2v) is 8.20. The summed E-state index contributed by atoms with van der Waals surface area (Å²) >= 11 is 0. The number of fused-ring (bicyclic) bond motifs is 1. The van der Waals surface area contributed by atoms with Gasteiger partial charge in [0.1, 0.15) is 11.9 Å². The van der Waals surface area contributed by atoms with Crippen molar-refractivity contribution in [1.29, 1.82) is 0 Å². The van der Waals surface area contributed by atoms with Crippen LogP contribution in [0.4, 0.5) is 31.1 Å². The van der Waals surface area contributed by atoms with Crippen LogP contribution in [0, 0.1) is 0 Å². The van der Waals surface area contributed by atoms with Crippen LogP contribution >= 0.6 is 0 Å². The summed E-state index contributed by atoms with van der Waals surface area (Å²) in [5.74, 6) is 0.193. The lowest BCUT2D eigenvalue weighted by Gasteiger charge is -2.28. The fraction of sp³-hybridized carbons (Fsp3) is 0.579. The van der Waals surface area contributed by atoms with Crippen LogP contribution in [0.1, 0.15) is 44.2 Å². The van der Waals surface area contributed by atoms with Crippen molar-refractivity contribution >= 4 is 17.1 Å². The Labute approximate surface area is 179 Å². The molecule has 1 aliphatic rings. The predicted octanol–water partition coefficient (Wildman–Crippen LogP) is 3.94. The van der Waals surface area contributed by atoms with Crippen LogP contribution < -0.4 is 11.1 Å². The quantitative estimate of drug-likeness (QED) is 0.561. The molecule has 4 N–H and O–H groups in total. The highest BCUT2D eigenvalue weighted by molar-refractivity contribution is 5.79. The van der Waals surface area contributed by atoms with Gasteiger partial charge in [0.25, 0.3) is 0 Å². The number of imidazole rings is 1. The number of halogens is 6. The average molecular weight is 467 g/mol. The minimum Gasteiger partial charge on any atom is -0.364 e. The third-order valence-corrected chi connectivity index (χ3v) is 5.46. The van der Waals surface area contributed by atoms with Crippen LogP contribution in [0.2, 0.25) is 0 Å². The molecular formula is C19H23F6N5O2. The highest BCUT2D eigenvalue weighted by Gasteiger charge is 2.49. The molecule has 7 nitrogen and oxygen atoms in total. The smallest absolute Gasteiger partial charge is 0.364 e. The molecule has 3 rings (SSSR count). The highest BCUT2D eigenvalue weighted by atomic mass is 19.4. The van der Waals surface area contributed by atoms with Crippen molar-refractivity contribution < 1.29 is 35.9 Å². The third-order valence-electron chi connectivity index (χ3n) is 5.46. The summed E-state index contributed by atoms with van der Waals surface area (Å²) in [6, 6.07) is 0.405. The van der Waals surface area contributed by atoms with E-state index in [4.69, 9.17) is 10.5 Å². The van der Waals surface area contributed by atoms with Gasteiger partial charge in [-0.25, -0.2) is 9.78 Å². The Bertz CT molecular complexity index is 987. The SMILES string of the molecule is C[C@H](c1ccc2nc([C@@H](N)COC(C)(C)C(F)(F)F)[nH]c2c1)N1C[C@@H](C(F)(F)F)NC1=O. The Morgan fingerprint density at radius 2 is 1.91 bits per heavy atom. The number of nitrogens with one attached hydrogen (secondary N) is 2. The molecule has 1 aromatic heterocycles. The Hall–Kier alpha value is -2.54. The van der Waals surface area contributed by atoms with Gasteiger partial charge in [-0.1, -0.05) is 6.07 Å². The Morgan fingerprint density at radius 1 is 1.25 bits per heavy atom. The van der Waals surface area contributed by atoms with E-state index in [0.717, 1.165) is 18.7 Å². The maximum absolute atomic E-state index is 12.9. The standard InChI is InChI=1S/C19H23F6N5O2/c1-9(30-7-14(18(20,21)22)29-16(30)31)10-4-5-12-13(6-10)28-15(27-12)11(26)8-32-17(2,3)19(23,24)25/h4-6,9,11,14H,7-8,26H2,1-3H3,(H,27,28)(H,29,31)/t9-,11+,14+/m1/s1. The topological polar surface area (TPSA) is 96.3 Å². The molecule has 3 atom stereocenters. The van der Waals surface area contributed by atoms with E-state index in [1.807, 2.05) is 5.32 Å². The minimum atomic E-state index is -4.57. The zero-order valence-electron chi connectivity index (χ0n) is 17.4. The number of rotatable bonds is 6. The molecule has 0 saturated carbocycles. The number of aromatic amines is 1. The van der Waals surface area contributed by atoms with Gasteiger partial charge in [-0.05, 0) is 38.5 Å². The summed E-state index contributed by atoms with van der Waals surface area (Å²) in [6.45, 7) is 2.42. The van der Waals surface area contributed by atoms with Crippen LogP contribution in [0.3, 0.4) is 0 Å². The maximum Gasteiger partial charge on any atom is 0.416 e. The average Bonchev–Trinajstić information content (AvgIpc) is 3.27. The number of carbonyl (C=O) groups excluding carboxylic acids is 1. The normalized spacial score (nSPS) is 20.0. The van der Waals surface area contributed by atoms with Crippen molar-refractivity contribution in [2.45, 2.75) is 56.9 Å². The van der Waals surface area contributed by atoms with E-state index < -0.39 is 55.3 Å². The first-order chi connectivity index (χ1) is 14.6. The number of nitrogens with zero attached hydrogens (tertiary/aromatic N) is 2. The molecule has 13 heteroatoms. The Balaban J connectivity index is 1.74. The highest BCUT2D eigenvalue weighted by Crippen LogP contribution is 2.34. The van der Waals surface area contributed by atoms with Crippen molar-refractivity contribution in [3.05, 3.63) is 29.6 Å². The summed E-state index contributed by atoms with van der Waals surface area (Å²) < 4.78 is 82.5. The monoisotopic (exact) mass is 467 g/mol. The molecule has 1 aromatic carbocycles. The van der Waals surface area contributed by atoms with Crippen molar-refractivity contribution in [1.82, 2.24) is 20.2 Å². The fourth-order valence-electron chi connectivity index (χ4n) is 3.20. The largest absolute Gasteiger partial charge is 0.416 e. The van der Waals surface area contributed by atoms with Gasteiger partial charge >= 0.3 is 18.4 Å². The number of hydrogen-bond acceptors (Lipinski definition) is 4. The van der Waals surface area contributed by atoms with Crippen molar-refractivity contribution in [2.75, 3.05) is 13.2 Å². The molecule has 1 aliphatic heterocycles. The first-order valence-corrected chi connectivity index (χ1v) is 9.70. The molecule has 0 bridgehead atoms. The molecule has 0 spiro atoms. The summed E-state index contributed by atoms with van der Waals surface area (Å²) in [4.78, 5) is 20.2. The first kappa shape index (κ1) is 24.1. The second kappa shape index (κ2) is 8.10. The summed E-state index contributed by atoms with van der Waals surface area (Å²) in [5, 5.41) is 1.92. The van der Waals surface area contributed by atoms with Crippen LogP contribution in [-0.4, -0.2) is 58.0 Å². The summed E-state index contributed by atoms with van der Waals surface area (Å²) in [6.07, 6.45) is -9.12. The molecule has 2 heterocycles. The van der Waals surface area contributed by atoms with Gasteiger partial charge in [0, 0.05) is 0 Å². The lowest BCUT2D eigenvalue weighted by molar-refractivity contribution is -0.264. The number of carbonyl (C=O) groups is 1. The van der Waals surface area contributed by atoms with E-state index in [1.165, 1.54) is 0 Å². The number of alkyl halides is 6. The molecule has 32 heavy (non-hydrogen) atoms. The number of amides is 2. The van der Waals surface area contributed by atoms with Crippen LogP contribution in [0.15, 0.2) is 18.2 Å². The number of hydrogen-bond donors (Lipinski definition) is 3. The van der Waals surface area contributed by atoms with Crippen molar-refractivity contribution in [3.8, 4) is 0 Å². The fourth-order valence-corrected chi connectivity index (χ4v) is 3.20. The molecule has 0 radical (unpaired) electrons. The third kappa shape index (κ3) is 4.77. The molecule has 1 fully saturated rings. The first-order valence-electron chi connectivity index (χ1n) is 9.70. The zero-order valence-corrected chi connectivity index (χ0v) is 17.4. The van der Waals surface area contributed by atoms with Crippen LogP contribution in [0.5, 0.6) is 0 Å². The number of nitrogens with two attached hydrogens (primary N) is 1. The van der Waals surface area contributed by atoms with Gasteiger partial charge in [-0.3, -0.25) is 0 Å². The lowest BCUT2D eigenvalue weighted by Crippen LogP contribution is -2.43. The lowest BCUT2D eigenvalue weighted by atomic mass is 10.1. The van der Waals surface area contributed by atoms with Crippen molar-refractivity contribution in [3.63, 3.8) is 0 Å². The van der Waals surface area contributed by atoms with E-state index >= 15 is 0 Å². The Morgan fingerprint density at radius 3 is 2.47 bits per heavy atom. The number of benzene rings is 1. The van der Waals surface area contributed by atoms with E-state index in [1.54, 1.807) is 25.1 Å². The number of H-pyrrole nitrogens is 1. The summed E-state index contributed by atoms with van der Waals surface area (Å²) in [7, 11) is 0. The number of urea groups is 1. The molecule has 2 amide bonds. The van der Waals surface area contributed by atoms with Gasteiger partial charge in [0.2, 0.25) is 0 Å². The second-order valence-electron chi connectivity index (χ2n) is 8.20. The predicted molar refractivity (Wildman–Crippen MR) is 103 cm³/mol. The van der Waals surface area contributed by atoms with Gasteiger partial charge in [0.05, 0.1) is 36.3 Å². The van der Waals surface area contributed by atoms with Gasteiger partial charge in [-0.2, -0.15) is 26.3 Å². The van der Waals surface area contributed by atoms with Crippen molar-refractivity contribution in [2.24, 2.45) is 5.73 Å².